The van der Waals surface area contributed by atoms with Crippen molar-refractivity contribution in [1.29, 1.82) is 0 Å². The van der Waals surface area contributed by atoms with Gasteiger partial charge in [-0.15, -0.1) is 0 Å². The molecular weight excluding hydrogens is 298 g/mol. The zero-order valence-electron chi connectivity index (χ0n) is 13.8. The van der Waals surface area contributed by atoms with Crippen LogP contribution in [0, 0.1) is 0 Å². The molecule has 1 aliphatic heterocycles. The molecule has 3 heteroatoms. The lowest BCUT2D eigenvalue weighted by atomic mass is 10.1. The number of aliphatic hydroxyl groups excluding tert-OH is 1. The van der Waals surface area contributed by atoms with Crippen LogP contribution in [-0.4, -0.2) is 24.0 Å². The molecule has 0 aromatic heterocycles. The number of benzene rings is 2. The van der Waals surface area contributed by atoms with Crippen LogP contribution < -0.4 is 4.90 Å². The van der Waals surface area contributed by atoms with Gasteiger partial charge in [0.05, 0.1) is 0 Å². The molecule has 1 saturated heterocycles. The Balaban J connectivity index is 1.72. The van der Waals surface area contributed by atoms with Gasteiger partial charge in [0.25, 0.3) is 0 Å². The highest BCUT2D eigenvalue weighted by Gasteiger charge is 2.11. The van der Waals surface area contributed by atoms with E-state index >= 15 is 0 Å². The van der Waals surface area contributed by atoms with Gasteiger partial charge in [-0.05, 0) is 37.1 Å². The van der Waals surface area contributed by atoms with E-state index < -0.39 is 0 Å². The van der Waals surface area contributed by atoms with E-state index in [1.807, 2.05) is 42.5 Å². The highest BCUT2D eigenvalue weighted by molar-refractivity contribution is 6.07. The Morgan fingerprint density at radius 2 is 1.46 bits per heavy atom. The van der Waals surface area contributed by atoms with Gasteiger partial charge in [0, 0.05) is 36.0 Å². The first kappa shape index (κ1) is 16.3. The Labute approximate surface area is 143 Å². The molecule has 3 nitrogen and oxygen atoms in total. The van der Waals surface area contributed by atoms with E-state index in [0.29, 0.717) is 11.1 Å². The van der Waals surface area contributed by atoms with Crippen LogP contribution in [0.1, 0.15) is 41.6 Å². The second-order valence-electron chi connectivity index (χ2n) is 6.21. The summed E-state index contributed by atoms with van der Waals surface area (Å²) < 4.78 is 0. The van der Waals surface area contributed by atoms with Crippen molar-refractivity contribution in [3.8, 4) is 0 Å². The van der Waals surface area contributed by atoms with Gasteiger partial charge in [-0.25, -0.2) is 0 Å². The molecule has 1 fully saturated rings. The van der Waals surface area contributed by atoms with Gasteiger partial charge in [0.2, 0.25) is 0 Å². The number of hydrogen-bond donors (Lipinski definition) is 1. The third kappa shape index (κ3) is 4.05. The van der Waals surface area contributed by atoms with Crippen molar-refractivity contribution in [2.24, 2.45) is 0 Å². The number of carbonyl (C=O) groups is 1. The van der Waals surface area contributed by atoms with Gasteiger partial charge in [0.1, 0.15) is 5.76 Å². The Morgan fingerprint density at radius 1 is 0.833 bits per heavy atom. The van der Waals surface area contributed by atoms with E-state index in [1.165, 1.54) is 37.4 Å². The molecule has 0 atom stereocenters. The fourth-order valence-electron chi connectivity index (χ4n) is 3.07. The molecule has 24 heavy (non-hydrogen) atoms. The normalized spacial score (nSPS) is 15.8. The van der Waals surface area contributed by atoms with Crippen LogP contribution in [0.4, 0.5) is 5.69 Å². The van der Waals surface area contributed by atoms with Crippen LogP contribution in [0.3, 0.4) is 0 Å². The van der Waals surface area contributed by atoms with E-state index in [-0.39, 0.29) is 11.5 Å². The minimum Gasteiger partial charge on any atom is -0.507 e. The SMILES string of the molecule is O=C(/C=C(\O)c1ccccc1)c1ccc(N2CCCCCC2)cc1. The Hall–Kier alpha value is -2.55. The number of rotatable bonds is 4. The first-order valence-electron chi connectivity index (χ1n) is 8.59. The fraction of sp³-hybridized carbons (Fsp3) is 0.286. The monoisotopic (exact) mass is 321 g/mol. The van der Waals surface area contributed by atoms with Crippen molar-refractivity contribution in [3.63, 3.8) is 0 Å². The van der Waals surface area contributed by atoms with Crippen molar-refractivity contribution < 1.29 is 9.90 Å². The predicted molar refractivity (Wildman–Crippen MR) is 98.5 cm³/mol. The third-order valence-electron chi connectivity index (χ3n) is 4.46. The van der Waals surface area contributed by atoms with Crippen molar-refractivity contribution in [3.05, 3.63) is 71.8 Å². The fourth-order valence-corrected chi connectivity index (χ4v) is 3.07. The maximum Gasteiger partial charge on any atom is 0.189 e. The summed E-state index contributed by atoms with van der Waals surface area (Å²) in [6.07, 6.45) is 6.35. The van der Waals surface area contributed by atoms with Gasteiger partial charge in [-0.3, -0.25) is 4.79 Å². The summed E-state index contributed by atoms with van der Waals surface area (Å²) in [4.78, 5) is 14.7. The van der Waals surface area contributed by atoms with Crippen LogP contribution >= 0.6 is 0 Å². The molecular formula is C21H23NO2. The molecule has 1 N–H and O–H groups in total. The van der Waals surface area contributed by atoms with Crippen molar-refractivity contribution in [2.75, 3.05) is 18.0 Å². The van der Waals surface area contributed by atoms with Crippen LogP contribution in [0.2, 0.25) is 0 Å². The standard InChI is InChI=1S/C21H23NO2/c23-20(17-8-4-3-5-9-17)16-21(24)18-10-12-19(13-11-18)22-14-6-1-2-7-15-22/h3-5,8-13,16,23H,1-2,6-7,14-15H2/b20-16-. The van der Waals surface area contributed by atoms with E-state index in [9.17, 15) is 9.90 Å². The minimum atomic E-state index is -0.182. The highest BCUT2D eigenvalue weighted by Crippen LogP contribution is 2.21. The lowest BCUT2D eigenvalue weighted by Gasteiger charge is -2.22. The predicted octanol–water partition coefficient (Wildman–Crippen LogP) is 4.85. The number of anilines is 1. The molecule has 0 bridgehead atoms. The molecule has 0 amide bonds. The Morgan fingerprint density at radius 3 is 2.08 bits per heavy atom. The van der Waals surface area contributed by atoms with Crippen molar-refractivity contribution in [1.82, 2.24) is 0 Å². The largest absolute Gasteiger partial charge is 0.507 e. The zero-order valence-corrected chi connectivity index (χ0v) is 13.8. The summed E-state index contributed by atoms with van der Waals surface area (Å²) >= 11 is 0. The maximum atomic E-state index is 12.3. The molecule has 0 unspecified atom stereocenters. The Bertz CT molecular complexity index is 696. The number of ketones is 1. The van der Waals surface area contributed by atoms with Crippen LogP contribution in [0.25, 0.3) is 5.76 Å². The van der Waals surface area contributed by atoms with Crippen molar-refractivity contribution >= 4 is 17.2 Å². The molecule has 1 heterocycles. The van der Waals surface area contributed by atoms with Gasteiger partial charge in [-0.1, -0.05) is 43.2 Å². The van der Waals surface area contributed by atoms with Gasteiger partial charge in [0.15, 0.2) is 5.78 Å². The maximum absolute atomic E-state index is 12.3. The summed E-state index contributed by atoms with van der Waals surface area (Å²) in [7, 11) is 0. The third-order valence-corrected chi connectivity index (χ3v) is 4.46. The number of carbonyl (C=O) groups excluding carboxylic acids is 1. The second-order valence-corrected chi connectivity index (χ2v) is 6.21. The summed E-state index contributed by atoms with van der Waals surface area (Å²) in [5, 5.41) is 10.1. The smallest absolute Gasteiger partial charge is 0.189 e. The zero-order chi connectivity index (χ0) is 16.8. The summed E-state index contributed by atoms with van der Waals surface area (Å²) in [5.41, 5.74) is 2.41. The molecule has 0 saturated carbocycles. The van der Waals surface area contributed by atoms with Crippen LogP contribution in [0.15, 0.2) is 60.7 Å². The average molecular weight is 321 g/mol. The number of allylic oxidation sites excluding steroid dienone is 1. The van der Waals surface area contributed by atoms with E-state index in [2.05, 4.69) is 4.90 Å². The van der Waals surface area contributed by atoms with Crippen molar-refractivity contribution in [2.45, 2.75) is 25.7 Å². The molecule has 0 aliphatic carbocycles. The average Bonchev–Trinajstić information content (AvgIpc) is 2.92. The van der Waals surface area contributed by atoms with E-state index in [1.54, 1.807) is 12.1 Å². The molecule has 2 aromatic rings. The van der Waals surface area contributed by atoms with Crippen LogP contribution in [-0.2, 0) is 0 Å². The summed E-state index contributed by atoms with van der Waals surface area (Å²) in [5.74, 6) is -0.184. The topological polar surface area (TPSA) is 40.5 Å². The number of hydrogen-bond acceptors (Lipinski definition) is 3. The van der Waals surface area contributed by atoms with Gasteiger partial charge < -0.3 is 10.0 Å². The molecule has 1 aliphatic rings. The van der Waals surface area contributed by atoms with E-state index in [4.69, 9.17) is 0 Å². The quantitative estimate of drug-likeness (QED) is 0.497. The summed E-state index contributed by atoms with van der Waals surface area (Å²) in [6, 6.07) is 16.8. The minimum absolute atomic E-state index is 0.00260. The van der Waals surface area contributed by atoms with Gasteiger partial charge >= 0.3 is 0 Å². The molecule has 0 spiro atoms. The van der Waals surface area contributed by atoms with E-state index in [0.717, 1.165) is 13.1 Å². The molecule has 0 radical (unpaired) electrons. The number of nitrogens with zero attached hydrogens (tertiary/aromatic N) is 1. The Kier molecular flexibility index (Phi) is 5.32. The lowest BCUT2D eigenvalue weighted by molar-refractivity contribution is 0.104. The number of aliphatic hydroxyl groups is 1. The van der Waals surface area contributed by atoms with Gasteiger partial charge in [-0.2, -0.15) is 0 Å². The molecule has 124 valence electrons. The highest BCUT2D eigenvalue weighted by atomic mass is 16.3. The molecule has 3 rings (SSSR count). The first-order chi connectivity index (χ1) is 11.7. The first-order valence-corrected chi connectivity index (χ1v) is 8.59. The molecule has 2 aromatic carbocycles. The lowest BCUT2D eigenvalue weighted by Crippen LogP contribution is -2.23. The van der Waals surface area contributed by atoms with Crippen LogP contribution in [0.5, 0.6) is 0 Å². The summed E-state index contributed by atoms with van der Waals surface area (Å²) in [6.45, 7) is 2.17. The second kappa shape index (κ2) is 7.82.